The summed E-state index contributed by atoms with van der Waals surface area (Å²) < 4.78 is 5.55. The number of nitrogens with one attached hydrogen (secondary N) is 2. The molecule has 0 aliphatic carbocycles. The van der Waals surface area contributed by atoms with Crippen LogP contribution in [0.15, 0.2) is 42.5 Å². The molecular weight excluding hydrogens is 351 g/mol. The van der Waals surface area contributed by atoms with Crippen LogP contribution >= 0.6 is 23.2 Å². The fourth-order valence-electron chi connectivity index (χ4n) is 1.89. The van der Waals surface area contributed by atoms with Crippen LogP contribution in [0.2, 0.25) is 10.0 Å². The maximum absolute atomic E-state index is 12.2. The summed E-state index contributed by atoms with van der Waals surface area (Å²) >= 11 is 11.8. The van der Waals surface area contributed by atoms with Gasteiger partial charge < -0.3 is 15.4 Å². The van der Waals surface area contributed by atoms with Crippen molar-refractivity contribution in [2.24, 2.45) is 0 Å². The van der Waals surface area contributed by atoms with E-state index >= 15 is 0 Å². The molecule has 0 unspecified atom stereocenters. The van der Waals surface area contributed by atoms with Crippen molar-refractivity contribution in [3.05, 3.63) is 52.5 Å². The Labute approximate surface area is 149 Å². The van der Waals surface area contributed by atoms with Crippen molar-refractivity contribution < 1.29 is 14.3 Å². The quantitative estimate of drug-likeness (QED) is 0.825. The second kappa shape index (κ2) is 8.04. The lowest BCUT2D eigenvalue weighted by Crippen LogP contribution is -2.30. The number of hydrogen-bond donors (Lipinski definition) is 2. The van der Waals surface area contributed by atoms with E-state index < -0.39 is 6.10 Å². The van der Waals surface area contributed by atoms with E-state index in [0.717, 1.165) is 0 Å². The first-order valence-electron chi connectivity index (χ1n) is 7.15. The second-order valence-corrected chi connectivity index (χ2v) is 5.90. The van der Waals surface area contributed by atoms with Gasteiger partial charge in [-0.1, -0.05) is 23.2 Å². The van der Waals surface area contributed by atoms with Gasteiger partial charge in [-0.05, 0) is 43.3 Å². The summed E-state index contributed by atoms with van der Waals surface area (Å²) in [5.74, 6) is -0.0168. The van der Waals surface area contributed by atoms with Crippen molar-refractivity contribution in [1.82, 2.24) is 0 Å². The third-order valence-electron chi connectivity index (χ3n) is 3.05. The topological polar surface area (TPSA) is 67.4 Å². The number of carbonyl (C=O) groups is 2. The first-order valence-corrected chi connectivity index (χ1v) is 7.91. The van der Waals surface area contributed by atoms with Crippen LogP contribution in [0.5, 0.6) is 5.75 Å². The van der Waals surface area contributed by atoms with Crippen molar-refractivity contribution in [1.29, 1.82) is 0 Å². The molecule has 2 amide bonds. The van der Waals surface area contributed by atoms with Crippen LogP contribution in [-0.4, -0.2) is 17.9 Å². The number of hydrogen-bond acceptors (Lipinski definition) is 3. The van der Waals surface area contributed by atoms with Crippen LogP contribution in [0.1, 0.15) is 13.8 Å². The molecule has 2 rings (SSSR count). The van der Waals surface area contributed by atoms with E-state index in [2.05, 4.69) is 10.6 Å². The number of halogens is 2. The third kappa shape index (κ3) is 5.15. The molecule has 0 saturated heterocycles. The SMILES string of the molecule is CC(=O)Nc1ccc(NC(=O)[C@H](C)Oc2ccc(Cl)c(Cl)c2)cc1. The molecule has 2 aromatic rings. The van der Waals surface area contributed by atoms with Gasteiger partial charge in [0.05, 0.1) is 10.0 Å². The average molecular weight is 367 g/mol. The minimum atomic E-state index is -0.725. The number of carbonyl (C=O) groups excluding carboxylic acids is 2. The average Bonchev–Trinajstić information content (AvgIpc) is 2.52. The molecule has 2 N–H and O–H groups in total. The highest BCUT2D eigenvalue weighted by Crippen LogP contribution is 2.27. The molecule has 0 fully saturated rings. The molecule has 24 heavy (non-hydrogen) atoms. The van der Waals surface area contributed by atoms with Gasteiger partial charge in [0.2, 0.25) is 5.91 Å². The molecule has 0 aliphatic rings. The Balaban J connectivity index is 1.95. The van der Waals surface area contributed by atoms with E-state index in [1.807, 2.05) is 0 Å². The molecule has 0 heterocycles. The molecule has 0 aromatic heterocycles. The van der Waals surface area contributed by atoms with Crippen LogP contribution in [-0.2, 0) is 9.59 Å². The zero-order valence-corrected chi connectivity index (χ0v) is 14.6. The third-order valence-corrected chi connectivity index (χ3v) is 3.78. The van der Waals surface area contributed by atoms with Gasteiger partial charge in [0.25, 0.3) is 5.91 Å². The predicted molar refractivity (Wildman–Crippen MR) is 95.9 cm³/mol. The normalized spacial score (nSPS) is 11.5. The Kier molecular flexibility index (Phi) is 6.06. The van der Waals surface area contributed by atoms with Gasteiger partial charge in [-0.15, -0.1) is 0 Å². The highest BCUT2D eigenvalue weighted by Gasteiger charge is 2.15. The molecule has 0 spiro atoms. The summed E-state index contributed by atoms with van der Waals surface area (Å²) in [7, 11) is 0. The number of benzene rings is 2. The first-order chi connectivity index (χ1) is 11.3. The molecule has 126 valence electrons. The number of rotatable bonds is 5. The van der Waals surface area contributed by atoms with Crippen molar-refractivity contribution in [3.63, 3.8) is 0 Å². The number of anilines is 2. The van der Waals surface area contributed by atoms with Crippen molar-refractivity contribution >= 4 is 46.4 Å². The monoisotopic (exact) mass is 366 g/mol. The zero-order valence-electron chi connectivity index (χ0n) is 13.1. The summed E-state index contributed by atoms with van der Waals surface area (Å²) in [6.07, 6.45) is -0.725. The van der Waals surface area contributed by atoms with Crippen molar-refractivity contribution in [2.45, 2.75) is 20.0 Å². The van der Waals surface area contributed by atoms with Gasteiger partial charge in [0.1, 0.15) is 5.75 Å². The lowest BCUT2D eigenvalue weighted by Gasteiger charge is -2.15. The fraction of sp³-hybridized carbons (Fsp3) is 0.176. The highest BCUT2D eigenvalue weighted by atomic mass is 35.5. The maximum atomic E-state index is 12.2. The predicted octanol–water partition coefficient (Wildman–Crippen LogP) is 4.36. The minimum absolute atomic E-state index is 0.157. The molecule has 0 aliphatic heterocycles. The Morgan fingerprint density at radius 1 is 0.958 bits per heavy atom. The lowest BCUT2D eigenvalue weighted by molar-refractivity contribution is -0.122. The largest absolute Gasteiger partial charge is 0.481 e. The second-order valence-electron chi connectivity index (χ2n) is 5.08. The lowest BCUT2D eigenvalue weighted by atomic mass is 10.2. The Bertz CT molecular complexity index is 748. The van der Waals surface area contributed by atoms with Crippen LogP contribution in [0.25, 0.3) is 0 Å². The number of amides is 2. The smallest absolute Gasteiger partial charge is 0.265 e. The molecule has 0 saturated carbocycles. The standard InChI is InChI=1S/C17H16Cl2N2O3/c1-10(24-14-7-8-15(18)16(19)9-14)17(23)21-13-5-3-12(4-6-13)20-11(2)22/h3-10H,1-2H3,(H,20,22)(H,21,23)/t10-/m0/s1. The Morgan fingerprint density at radius 3 is 2.08 bits per heavy atom. The van der Waals surface area contributed by atoms with Crippen LogP contribution < -0.4 is 15.4 Å². The summed E-state index contributed by atoms with van der Waals surface area (Å²) in [5.41, 5.74) is 1.25. The molecule has 2 aromatic carbocycles. The van der Waals surface area contributed by atoms with E-state index in [0.29, 0.717) is 27.2 Å². The van der Waals surface area contributed by atoms with Gasteiger partial charge in [-0.2, -0.15) is 0 Å². The van der Waals surface area contributed by atoms with Gasteiger partial charge in [0.15, 0.2) is 6.10 Å². The summed E-state index contributed by atoms with van der Waals surface area (Å²) in [5, 5.41) is 6.16. The Morgan fingerprint density at radius 2 is 1.54 bits per heavy atom. The van der Waals surface area contributed by atoms with Crippen molar-refractivity contribution in [2.75, 3.05) is 10.6 Å². The van der Waals surface area contributed by atoms with Crippen LogP contribution in [0, 0.1) is 0 Å². The molecular formula is C17H16Cl2N2O3. The van der Waals surface area contributed by atoms with Gasteiger partial charge in [-0.25, -0.2) is 0 Å². The van der Waals surface area contributed by atoms with Crippen LogP contribution in [0.3, 0.4) is 0 Å². The summed E-state index contributed by atoms with van der Waals surface area (Å²) in [4.78, 5) is 23.1. The van der Waals surface area contributed by atoms with Gasteiger partial charge in [0, 0.05) is 24.4 Å². The zero-order chi connectivity index (χ0) is 17.7. The Hall–Kier alpha value is -2.24. The first kappa shape index (κ1) is 18.1. The molecule has 5 nitrogen and oxygen atoms in total. The van der Waals surface area contributed by atoms with Gasteiger partial charge in [-0.3, -0.25) is 9.59 Å². The fourth-order valence-corrected chi connectivity index (χ4v) is 2.18. The number of ether oxygens (including phenoxy) is 1. The van der Waals surface area contributed by atoms with E-state index in [1.54, 1.807) is 49.4 Å². The van der Waals surface area contributed by atoms with E-state index in [9.17, 15) is 9.59 Å². The van der Waals surface area contributed by atoms with Gasteiger partial charge >= 0.3 is 0 Å². The molecule has 1 atom stereocenters. The highest BCUT2D eigenvalue weighted by molar-refractivity contribution is 6.42. The molecule has 0 bridgehead atoms. The van der Waals surface area contributed by atoms with E-state index in [-0.39, 0.29) is 11.8 Å². The molecule has 0 radical (unpaired) electrons. The molecule has 7 heteroatoms. The van der Waals surface area contributed by atoms with Crippen molar-refractivity contribution in [3.8, 4) is 5.75 Å². The van der Waals surface area contributed by atoms with E-state index in [4.69, 9.17) is 27.9 Å². The van der Waals surface area contributed by atoms with E-state index in [1.165, 1.54) is 6.92 Å². The van der Waals surface area contributed by atoms with Crippen LogP contribution in [0.4, 0.5) is 11.4 Å². The summed E-state index contributed by atoms with van der Waals surface area (Å²) in [6, 6.07) is 11.6. The summed E-state index contributed by atoms with van der Waals surface area (Å²) in [6.45, 7) is 3.06. The maximum Gasteiger partial charge on any atom is 0.265 e. The minimum Gasteiger partial charge on any atom is -0.481 e.